The van der Waals surface area contributed by atoms with Crippen LogP contribution in [0.3, 0.4) is 0 Å². The van der Waals surface area contributed by atoms with Crippen LogP contribution in [0.25, 0.3) is 0 Å². The minimum atomic E-state index is -0.494. The summed E-state index contributed by atoms with van der Waals surface area (Å²) in [6, 6.07) is 12.3. The fourth-order valence-electron chi connectivity index (χ4n) is 2.04. The van der Waals surface area contributed by atoms with Crippen molar-refractivity contribution in [3.63, 3.8) is 0 Å². The summed E-state index contributed by atoms with van der Waals surface area (Å²) in [4.78, 5) is 13.0. The van der Waals surface area contributed by atoms with E-state index in [0.717, 1.165) is 12.2 Å². The molecule has 0 radical (unpaired) electrons. The number of carbonyl (C=O) groups is 1. The summed E-state index contributed by atoms with van der Waals surface area (Å²) in [6.45, 7) is 8.47. The number of hydrogen-bond acceptors (Lipinski definition) is 4. The lowest BCUT2D eigenvalue weighted by Gasteiger charge is -2.19. The summed E-state index contributed by atoms with van der Waals surface area (Å²) in [7, 11) is 0. The van der Waals surface area contributed by atoms with Gasteiger partial charge in [-0.2, -0.15) is 0 Å². The average molecular weight is 332 g/mol. The van der Waals surface area contributed by atoms with Gasteiger partial charge in [0.25, 0.3) is 0 Å². The quantitative estimate of drug-likeness (QED) is 0.815. The van der Waals surface area contributed by atoms with Crippen molar-refractivity contribution in [1.29, 1.82) is 0 Å². The molecule has 0 saturated heterocycles. The summed E-state index contributed by atoms with van der Waals surface area (Å²) in [5, 5.41) is 8.31. The van der Waals surface area contributed by atoms with E-state index < -0.39 is 11.7 Å². The number of amides is 1. The fraction of sp³-hybridized carbons (Fsp3) is 0.389. The number of nitrogens with one attached hydrogen (secondary N) is 2. The summed E-state index contributed by atoms with van der Waals surface area (Å²) in [5.74, 6) is 0. The number of anilines is 1. The molecule has 0 saturated carbocycles. The van der Waals surface area contributed by atoms with E-state index in [0.29, 0.717) is 6.04 Å². The Balaban J connectivity index is 1.83. The molecule has 0 fully saturated rings. The summed E-state index contributed by atoms with van der Waals surface area (Å²) < 4.78 is 5.23. The second-order valence-corrected chi connectivity index (χ2v) is 7.42. The molecule has 0 bridgehead atoms. The van der Waals surface area contributed by atoms with Gasteiger partial charge < -0.3 is 10.1 Å². The number of carbonyl (C=O) groups excluding carboxylic acids is 1. The third-order valence-electron chi connectivity index (χ3n) is 3.18. The Bertz CT molecular complexity index is 615. The first kappa shape index (κ1) is 17.5. The molecule has 1 heterocycles. The highest BCUT2D eigenvalue weighted by Gasteiger charge is 2.16. The molecule has 1 amide bonds. The van der Waals surface area contributed by atoms with Gasteiger partial charge in [0, 0.05) is 23.2 Å². The molecule has 1 aromatic carbocycles. The lowest BCUT2D eigenvalue weighted by molar-refractivity contribution is 0.0636. The molecule has 2 N–H and O–H groups in total. The zero-order valence-corrected chi connectivity index (χ0v) is 14.9. The van der Waals surface area contributed by atoms with Crippen LogP contribution in [0.1, 0.15) is 44.2 Å². The van der Waals surface area contributed by atoms with Gasteiger partial charge in [-0.05, 0) is 56.8 Å². The second kappa shape index (κ2) is 7.62. The highest BCUT2D eigenvalue weighted by molar-refractivity contribution is 7.10. The van der Waals surface area contributed by atoms with Crippen LogP contribution < -0.4 is 10.6 Å². The Kier molecular flexibility index (Phi) is 5.80. The zero-order valence-electron chi connectivity index (χ0n) is 14.1. The monoisotopic (exact) mass is 332 g/mol. The third kappa shape index (κ3) is 6.04. The maximum atomic E-state index is 11.7. The van der Waals surface area contributed by atoms with Crippen LogP contribution in [0.4, 0.5) is 10.5 Å². The number of thiophene rings is 1. The van der Waals surface area contributed by atoms with Crippen molar-refractivity contribution < 1.29 is 9.53 Å². The van der Waals surface area contributed by atoms with Crippen molar-refractivity contribution in [2.75, 3.05) is 5.32 Å². The first-order valence-corrected chi connectivity index (χ1v) is 8.57. The first-order valence-electron chi connectivity index (χ1n) is 7.69. The van der Waals surface area contributed by atoms with E-state index in [4.69, 9.17) is 4.74 Å². The highest BCUT2D eigenvalue weighted by Crippen LogP contribution is 2.19. The second-order valence-electron chi connectivity index (χ2n) is 6.44. The van der Waals surface area contributed by atoms with Gasteiger partial charge in [-0.3, -0.25) is 5.32 Å². The predicted octanol–water partition coefficient (Wildman–Crippen LogP) is 4.95. The normalized spacial score (nSPS) is 12.7. The van der Waals surface area contributed by atoms with E-state index in [-0.39, 0.29) is 0 Å². The summed E-state index contributed by atoms with van der Waals surface area (Å²) in [6.07, 6.45) is -0.435. The number of benzene rings is 1. The van der Waals surface area contributed by atoms with Crippen molar-refractivity contribution in [3.8, 4) is 0 Å². The smallest absolute Gasteiger partial charge is 0.412 e. The van der Waals surface area contributed by atoms with Gasteiger partial charge in [0.15, 0.2) is 0 Å². The molecule has 4 nitrogen and oxygen atoms in total. The van der Waals surface area contributed by atoms with Crippen LogP contribution in [-0.4, -0.2) is 11.7 Å². The molecule has 1 aromatic heterocycles. The Morgan fingerprint density at radius 3 is 2.48 bits per heavy atom. The van der Waals surface area contributed by atoms with E-state index >= 15 is 0 Å². The van der Waals surface area contributed by atoms with Gasteiger partial charge >= 0.3 is 6.09 Å². The molecule has 23 heavy (non-hydrogen) atoms. The average Bonchev–Trinajstić information content (AvgIpc) is 2.98. The largest absolute Gasteiger partial charge is 0.444 e. The first-order chi connectivity index (χ1) is 10.8. The number of ether oxygens (including phenoxy) is 1. The Hall–Kier alpha value is -1.85. The third-order valence-corrected chi connectivity index (χ3v) is 4.24. The van der Waals surface area contributed by atoms with E-state index in [1.807, 2.05) is 45.0 Å². The van der Waals surface area contributed by atoms with Gasteiger partial charge in [-0.25, -0.2) is 4.79 Å². The van der Waals surface area contributed by atoms with Crippen LogP contribution in [0, 0.1) is 0 Å². The van der Waals surface area contributed by atoms with Crippen LogP contribution in [0.5, 0.6) is 0 Å². The van der Waals surface area contributed by atoms with E-state index in [1.54, 1.807) is 11.3 Å². The molecule has 5 heteroatoms. The molecular formula is C18H24N2O2S. The van der Waals surface area contributed by atoms with Crippen LogP contribution in [-0.2, 0) is 11.3 Å². The van der Waals surface area contributed by atoms with Crippen molar-refractivity contribution in [1.82, 2.24) is 5.32 Å². The molecular weight excluding hydrogens is 308 g/mol. The van der Waals surface area contributed by atoms with Crippen molar-refractivity contribution >= 4 is 23.1 Å². The molecule has 0 spiro atoms. The topological polar surface area (TPSA) is 50.4 Å². The van der Waals surface area contributed by atoms with E-state index in [1.165, 1.54) is 10.4 Å². The highest BCUT2D eigenvalue weighted by atomic mass is 32.1. The van der Waals surface area contributed by atoms with Crippen molar-refractivity contribution in [2.24, 2.45) is 0 Å². The van der Waals surface area contributed by atoms with Crippen LogP contribution in [0.15, 0.2) is 41.8 Å². The molecule has 2 rings (SSSR count). The summed E-state index contributed by atoms with van der Waals surface area (Å²) >= 11 is 1.76. The van der Waals surface area contributed by atoms with Crippen LogP contribution in [0.2, 0.25) is 0 Å². The Morgan fingerprint density at radius 1 is 1.22 bits per heavy atom. The molecule has 1 atom stereocenters. The van der Waals surface area contributed by atoms with Gasteiger partial charge in [-0.1, -0.05) is 18.2 Å². The lowest BCUT2D eigenvalue weighted by Crippen LogP contribution is -2.27. The molecule has 0 aliphatic carbocycles. The SMILES string of the molecule is CC(NCc1ccc(NC(=O)OC(C)(C)C)cc1)c1cccs1. The van der Waals surface area contributed by atoms with E-state index in [2.05, 4.69) is 35.1 Å². The fourth-order valence-corrected chi connectivity index (χ4v) is 2.80. The van der Waals surface area contributed by atoms with Gasteiger partial charge in [0.05, 0.1) is 0 Å². The van der Waals surface area contributed by atoms with Crippen molar-refractivity contribution in [3.05, 3.63) is 52.2 Å². The van der Waals surface area contributed by atoms with Crippen molar-refractivity contribution in [2.45, 2.75) is 45.9 Å². The van der Waals surface area contributed by atoms with Crippen LogP contribution >= 0.6 is 11.3 Å². The van der Waals surface area contributed by atoms with Gasteiger partial charge in [0.1, 0.15) is 5.60 Å². The summed E-state index contributed by atoms with van der Waals surface area (Å²) in [5.41, 5.74) is 1.41. The molecule has 2 aromatic rings. The molecule has 0 aliphatic rings. The zero-order chi connectivity index (χ0) is 16.9. The van der Waals surface area contributed by atoms with E-state index in [9.17, 15) is 4.79 Å². The predicted molar refractivity (Wildman–Crippen MR) is 95.9 cm³/mol. The maximum Gasteiger partial charge on any atom is 0.412 e. The minimum absolute atomic E-state index is 0.328. The minimum Gasteiger partial charge on any atom is -0.444 e. The molecule has 1 unspecified atom stereocenters. The van der Waals surface area contributed by atoms with Gasteiger partial charge in [-0.15, -0.1) is 11.3 Å². The molecule has 0 aliphatic heterocycles. The Labute approximate surface area is 141 Å². The number of rotatable bonds is 5. The number of hydrogen-bond donors (Lipinski definition) is 2. The Morgan fingerprint density at radius 2 is 1.91 bits per heavy atom. The van der Waals surface area contributed by atoms with Gasteiger partial charge in [0.2, 0.25) is 0 Å². The molecule has 124 valence electrons. The lowest BCUT2D eigenvalue weighted by atomic mass is 10.2. The maximum absolute atomic E-state index is 11.7. The standard InChI is InChI=1S/C18H24N2O2S/c1-13(16-6-5-11-23-16)19-12-14-7-9-15(10-8-14)20-17(21)22-18(2,3)4/h5-11,13,19H,12H2,1-4H3,(H,20,21).